The van der Waals surface area contributed by atoms with Crippen molar-refractivity contribution in [1.29, 1.82) is 0 Å². The maximum atomic E-state index is 13.1. The van der Waals surface area contributed by atoms with Crippen LogP contribution in [0, 0.1) is 0 Å². The van der Waals surface area contributed by atoms with Gasteiger partial charge in [0.15, 0.2) is 5.72 Å². The highest BCUT2D eigenvalue weighted by Gasteiger charge is 2.49. The van der Waals surface area contributed by atoms with Gasteiger partial charge in [-0.05, 0) is 43.3 Å². The molecular weight excluding hydrogens is 420 g/mol. The summed E-state index contributed by atoms with van der Waals surface area (Å²) >= 11 is 0. The molecule has 1 fully saturated rings. The first-order valence-corrected chi connectivity index (χ1v) is 10.5. The summed E-state index contributed by atoms with van der Waals surface area (Å²) in [5, 5.41) is 5.77. The van der Waals surface area contributed by atoms with E-state index in [0.29, 0.717) is 23.4 Å². The summed E-state index contributed by atoms with van der Waals surface area (Å²) in [6.07, 6.45) is 0.554. The summed E-state index contributed by atoms with van der Waals surface area (Å²) in [4.78, 5) is 39.2. The number of amides is 4. The largest absolute Gasteiger partial charge is 0.467 e. The molecule has 1 saturated heterocycles. The molecule has 2 atom stereocenters. The fourth-order valence-corrected chi connectivity index (χ4v) is 4.50. The van der Waals surface area contributed by atoms with Crippen LogP contribution in [-0.4, -0.2) is 23.6 Å². The van der Waals surface area contributed by atoms with Crippen molar-refractivity contribution in [2.45, 2.75) is 25.1 Å². The van der Waals surface area contributed by atoms with E-state index in [-0.39, 0.29) is 17.6 Å². The predicted octanol–water partition coefficient (Wildman–Crippen LogP) is 3.81. The van der Waals surface area contributed by atoms with Crippen LogP contribution in [0.3, 0.4) is 0 Å². The Morgan fingerprint density at radius 2 is 1.85 bits per heavy atom. The van der Waals surface area contributed by atoms with Crippen LogP contribution >= 0.6 is 0 Å². The Bertz CT molecular complexity index is 1290. The van der Waals surface area contributed by atoms with Gasteiger partial charge >= 0.3 is 6.03 Å². The summed E-state index contributed by atoms with van der Waals surface area (Å²) in [5.74, 6) is -0.346. The lowest BCUT2D eigenvalue weighted by atomic mass is 9.90. The number of para-hydroxylation sites is 2. The first-order chi connectivity index (χ1) is 15.9. The van der Waals surface area contributed by atoms with Crippen molar-refractivity contribution in [2.24, 2.45) is 5.73 Å². The Labute approximate surface area is 190 Å². The van der Waals surface area contributed by atoms with E-state index in [0.717, 1.165) is 11.3 Å². The van der Waals surface area contributed by atoms with Gasteiger partial charge in [0.1, 0.15) is 5.75 Å². The normalized spacial score (nSPS) is 20.8. The van der Waals surface area contributed by atoms with Crippen LogP contribution < -0.4 is 26.0 Å². The number of primary amides is 1. The van der Waals surface area contributed by atoms with Gasteiger partial charge in [0, 0.05) is 17.5 Å². The van der Waals surface area contributed by atoms with Gasteiger partial charge in [0.2, 0.25) is 0 Å². The SMILES string of the molecule is CC12CC(NC(=O)N1c1cccc(C(=O)Nc3ccccc3C(N)=O)c1)c1ccccc1O2. The number of nitrogens with two attached hydrogens (primary N) is 1. The Kier molecular flexibility index (Phi) is 4.78. The summed E-state index contributed by atoms with van der Waals surface area (Å²) in [5.41, 5.74) is 6.80. The molecule has 8 nitrogen and oxygen atoms in total. The molecule has 2 aliphatic heterocycles. The minimum Gasteiger partial charge on any atom is -0.467 e. The molecule has 0 spiro atoms. The van der Waals surface area contributed by atoms with E-state index in [2.05, 4.69) is 10.6 Å². The van der Waals surface area contributed by atoms with Crippen molar-refractivity contribution < 1.29 is 19.1 Å². The molecule has 166 valence electrons. The lowest BCUT2D eigenvalue weighted by Crippen LogP contribution is -2.65. The lowest BCUT2D eigenvalue weighted by molar-refractivity contribution is 0.0378. The van der Waals surface area contributed by atoms with Gasteiger partial charge in [0.25, 0.3) is 11.8 Å². The van der Waals surface area contributed by atoms with E-state index in [1.54, 1.807) is 48.5 Å². The van der Waals surface area contributed by atoms with Crippen molar-refractivity contribution in [3.8, 4) is 5.75 Å². The monoisotopic (exact) mass is 442 g/mol. The Morgan fingerprint density at radius 3 is 2.67 bits per heavy atom. The van der Waals surface area contributed by atoms with Crippen LogP contribution in [0.2, 0.25) is 0 Å². The van der Waals surface area contributed by atoms with E-state index in [1.165, 1.54) is 4.90 Å². The van der Waals surface area contributed by atoms with Crippen molar-refractivity contribution >= 4 is 29.2 Å². The summed E-state index contributed by atoms with van der Waals surface area (Å²) in [7, 11) is 0. The van der Waals surface area contributed by atoms with Gasteiger partial charge in [0.05, 0.1) is 23.0 Å². The minimum absolute atomic E-state index is 0.152. The van der Waals surface area contributed by atoms with Crippen LogP contribution in [0.25, 0.3) is 0 Å². The third kappa shape index (κ3) is 3.55. The molecule has 3 aromatic rings. The average Bonchev–Trinajstić information content (AvgIpc) is 2.79. The second kappa shape index (κ2) is 7.67. The molecule has 0 saturated carbocycles. The maximum absolute atomic E-state index is 13.1. The molecule has 0 radical (unpaired) electrons. The fraction of sp³-hybridized carbons (Fsp3) is 0.160. The zero-order valence-electron chi connectivity index (χ0n) is 17.9. The summed E-state index contributed by atoms with van der Waals surface area (Å²) < 4.78 is 6.28. The fourth-order valence-electron chi connectivity index (χ4n) is 4.50. The Morgan fingerprint density at radius 1 is 1.09 bits per heavy atom. The molecule has 2 aliphatic rings. The highest BCUT2D eigenvalue weighted by atomic mass is 16.5. The zero-order valence-corrected chi connectivity index (χ0v) is 17.9. The molecular formula is C25H22N4O4. The van der Waals surface area contributed by atoms with Crippen molar-refractivity contribution in [2.75, 3.05) is 10.2 Å². The quantitative estimate of drug-likeness (QED) is 0.570. The molecule has 0 aliphatic carbocycles. The van der Waals surface area contributed by atoms with E-state index >= 15 is 0 Å². The van der Waals surface area contributed by atoms with Gasteiger partial charge in [-0.25, -0.2) is 4.79 Å². The molecule has 3 aromatic carbocycles. The number of nitrogens with one attached hydrogen (secondary N) is 2. The average molecular weight is 442 g/mol. The minimum atomic E-state index is -0.922. The third-order valence-corrected chi connectivity index (χ3v) is 5.99. The molecule has 2 heterocycles. The standard InChI is InChI=1S/C25H22N4O4/c1-25-14-20(17-9-3-5-12-21(17)33-25)28-24(32)29(25)16-8-6-7-15(13-16)23(31)27-19-11-4-2-10-18(19)22(26)30/h2-13,20H,14H2,1H3,(H2,26,30)(H,27,31)(H,28,32). The zero-order chi connectivity index (χ0) is 23.2. The molecule has 5 rings (SSSR count). The first kappa shape index (κ1) is 20.6. The lowest BCUT2D eigenvalue weighted by Gasteiger charge is -2.50. The van der Waals surface area contributed by atoms with Crippen LogP contribution in [0.4, 0.5) is 16.2 Å². The van der Waals surface area contributed by atoms with Crippen LogP contribution in [0.5, 0.6) is 5.75 Å². The number of hydrogen-bond acceptors (Lipinski definition) is 4. The number of carbonyl (C=O) groups is 3. The van der Waals surface area contributed by atoms with Crippen LogP contribution in [0.15, 0.2) is 72.8 Å². The highest BCUT2D eigenvalue weighted by Crippen LogP contribution is 2.45. The van der Waals surface area contributed by atoms with Crippen molar-refractivity contribution in [3.05, 3.63) is 89.5 Å². The second-order valence-electron chi connectivity index (χ2n) is 8.27. The summed E-state index contributed by atoms with van der Waals surface area (Å²) in [6, 6.07) is 20.4. The van der Waals surface area contributed by atoms with E-state index in [4.69, 9.17) is 10.5 Å². The van der Waals surface area contributed by atoms with Gasteiger partial charge < -0.3 is 21.1 Å². The molecule has 0 aromatic heterocycles. The van der Waals surface area contributed by atoms with Crippen LogP contribution in [0.1, 0.15) is 45.7 Å². The van der Waals surface area contributed by atoms with Gasteiger partial charge in [-0.3, -0.25) is 14.5 Å². The molecule has 33 heavy (non-hydrogen) atoms. The smallest absolute Gasteiger partial charge is 0.325 e. The first-order valence-electron chi connectivity index (χ1n) is 10.5. The number of urea groups is 1. The van der Waals surface area contributed by atoms with E-state index in [1.807, 2.05) is 31.2 Å². The number of carbonyl (C=O) groups excluding carboxylic acids is 3. The number of anilines is 2. The molecule has 8 heteroatoms. The maximum Gasteiger partial charge on any atom is 0.325 e. The van der Waals surface area contributed by atoms with Gasteiger partial charge in [-0.2, -0.15) is 0 Å². The molecule has 2 unspecified atom stereocenters. The molecule has 4 amide bonds. The Hall–Kier alpha value is -4.33. The third-order valence-electron chi connectivity index (χ3n) is 5.99. The number of fused-ring (bicyclic) bond motifs is 4. The number of rotatable bonds is 4. The molecule has 2 bridgehead atoms. The number of hydrogen-bond donors (Lipinski definition) is 3. The highest BCUT2D eigenvalue weighted by molar-refractivity contribution is 6.09. The van der Waals surface area contributed by atoms with Gasteiger partial charge in [-0.15, -0.1) is 0 Å². The second-order valence-corrected chi connectivity index (χ2v) is 8.27. The number of benzene rings is 3. The number of ether oxygens (including phenoxy) is 1. The topological polar surface area (TPSA) is 114 Å². The molecule has 4 N–H and O–H groups in total. The van der Waals surface area contributed by atoms with E-state index in [9.17, 15) is 14.4 Å². The summed E-state index contributed by atoms with van der Waals surface area (Å²) in [6.45, 7) is 1.87. The Balaban J connectivity index is 1.46. The van der Waals surface area contributed by atoms with E-state index < -0.39 is 17.5 Å². The van der Waals surface area contributed by atoms with Crippen molar-refractivity contribution in [1.82, 2.24) is 5.32 Å². The number of nitrogens with zero attached hydrogens (tertiary/aromatic N) is 1. The predicted molar refractivity (Wildman–Crippen MR) is 123 cm³/mol. The van der Waals surface area contributed by atoms with Crippen molar-refractivity contribution in [3.63, 3.8) is 0 Å². The van der Waals surface area contributed by atoms with Gasteiger partial charge in [-0.1, -0.05) is 36.4 Å². The van der Waals surface area contributed by atoms with Crippen LogP contribution in [-0.2, 0) is 0 Å².